The number of carbonyl (C=O) groups excluding carboxylic acids is 1. The number of hydrogen-bond donors (Lipinski definition) is 2. The maximum absolute atomic E-state index is 10.7. The molecule has 0 bridgehead atoms. The summed E-state index contributed by atoms with van der Waals surface area (Å²) in [4.78, 5) is 14.9. The van der Waals surface area contributed by atoms with Gasteiger partial charge in [0.1, 0.15) is 0 Å². The van der Waals surface area contributed by atoms with Crippen LogP contribution in [0.1, 0.15) is 6.92 Å². The summed E-state index contributed by atoms with van der Waals surface area (Å²) in [6.45, 7) is 1.43. The largest absolute Gasteiger partial charge is 0.274 e. The highest BCUT2D eigenvalue weighted by Crippen LogP contribution is 2.27. The zero-order valence-electron chi connectivity index (χ0n) is 7.87. The number of amides is 1. The maximum atomic E-state index is 10.7. The van der Waals surface area contributed by atoms with Gasteiger partial charge in [0.15, 0.2) is 0 Å². The lowest BCUT2D eigenvalue weighted by atomic mass is 10.3. The number of anilines is 1. The molecular weight excluding hydrogens is 234 g/mol. The number of hydrogen-bond acceptors (Lipinski definition) is 4. The van der Waals surface area contributed by atoms with Crippen LogP contribution < -0.4 is 10.9 Å². The van der Waals surface area contributed by atoms with Gasteiger partial charge in [-0.2, -0.15) is 0 Å². The SMILES string of the molecule is CC(=O)NNc1nc2ccc(Cl)cc2s1. The van der Waals surface area contributed by atoms with E-state index in [2.05, 4.69) is 15.8 Å². The molecule has 0 unspecified atom stereocenters. The molecule has 1 amide bonds. The highest BCUT2D eigenvalue weighted by atomic mass is 35.5. The van der Waals surface area contributed by atoms with Crippen LogP contribution in [-0.4, -0.2) is 10.9 Å². The molecule has 15 heavy (non-hydrogen) atoms. The molecule has 0 saturated carbocycles. The summed E-state index contributed by atoms with van der Waals surface area (Å²) in [6.07, 6.45) is 0. The summed E-state index contributed by atoms with van der Waals surface area (Å²) in [7, 11) is 0. The maximum Gasteiger partial charge on any atom is 0.235 e. The van der Waals surface area contributed by atoms with Crippen LogP contribution in [-0.2, 0) is 4.79 Å². The van der Waals surface area contributed by atoms with Crippen molar-refractivity contribution < 1.29 is 4.79 Å². The van der Waals surface area contributed by atoms with Crippen LogP contribution in [0, 0.1) is 0 Å². The van der Waals surface area contributed by atoms with E-state index in [9.17, 15) is 4.79 Å². The van der Waals surface area contributed by atoms with Crippen LogP contribution in [0.2, 0.25) is 5.02 Å². The monoisotopic (exact) mass is 241 g/mol. The molecule has 0 saturated heterocycles. The second kappa shape index (κ2) is 4.04. The van der Waals surface area contributed by atoms with Gasteiger partial charge in [-0.3, -0.25) is 15.6 Å². The third kappa shape index (κ3) is 2.37. The Morgan fingerprint density at radius 3 is 3.07 bits per heavy atom. The highest BCUT2D eigenvalue weighted by Gasteiger charge is 2.03. The average molecular weight is 242 g/mol. The predicted molar refractivity (Wildman–Crippen MR) is 62.1 cm³/mol. The molecule has 2 aromatic rings. The summed E-state index contributed by atoms with van der Waals surface area (Å²) in [5.74, 6) is -0.160. The Kier molecular flexibility index (Phi) is 2.75. The van der Waals surface area contributed by atoms with E-state index in [0.717, 1.165) is 10.2 Å². The Labute approximate surface area is 95.2 Å². The van der Waals surface area contributed by atoms with E-state index in [4.69, 9.17) is 11.6 Å². The predicted octanol–water partition coefficient (Wildman–Crippen LogP) is 2.41. The summed E-state index contributed by atoms with van der Waals surface area (Å²) >= 11 is 7.28. The Morgan fingerprint density at radius 1 is 1.53 bits per heavy atom. The molecule has 0 fully saturated rings. The Morgan fingerprint density at radius 2 is 2.33 bits per heavy atom. The van der Waals surface area contributed by atoms with Gasteiger partial charge in [-0.25, -0.2) is 4.98 Å². The second-order valence-electron chi connectivity index (χ2n) is 2.94. The van der Waals surface area contributed by atoms with Crippen LogP contribution in [0.5, 0.6) is 0 Å². The van der Waals surface area contributed by atoms with Crippen LogP contribution in [0.25, 0.3) is 10.2 Å². The van der Waals surface area contributed by atoms with Crippen LogP contribution in [0.3, 0.4) is 0 Å². The summed E-state index contributed by atoms with van der Waals surface area (Å²) in [5, 5.41) is 1.32. The lowest BCUT2D eigenvalue weighted by molar-refractivity contribution is -0.118. The van der Waals surface area contributed by atoms with Gasteiger partial charge in [0.05, 0.1) is 10.2 Å². The lowest BCUT2D eigenvalue weighted by Gasteiger charge is -1.99. The first-order valence-electron chi connectivity index (χ1n) is 4.24. The van der Waals surface area contributed by atoms with E-state index in [1.165, 1.54) is 18.3 Å². The van der Waals surface area contributed by atoms with Crippen molar-refractivity contribution in [2.45, 2.75) is 6.92 Å². The number of nitrogens with one attached hydrogen (secondary N) is 2. The summed E-state index contributed by atoms with van der Waals surface area (Å²) < 4.78 is 0.982. The molecule has 0 aliphatic carbocycles. The molecule has 2 rings (SSSR count). The number of halogens is 1. The van der Waals surface area contributed by atoms with E-state index in [1.54, 1.807) is 6.07 Å². The number of hydrazine groups is 1. The van der Waals surface area contributed by atoms with Crippen molar-refractivity contribution in [2.24, 2.45) is 0 Å². The standard InChI is InChI=1S/C9H8ClN3OS/c1-5(14)12-13-9-11-7-3-2-6(10)4-8(7)15-9/h2-4H,1H3,(H,11,13)(H,12,14). The van der Waals surface area contributed by atoms with Gasteiger partial charge in [-0.05, 0) is 18.2 Å². The van der Waals surface area contributed by atoms with Gasteiger partial charge < -0.3 is 0 Å². The lowest BCUT2D eigenvalue weighted by Crippen LogP contribution is -2.26. The topological polar surface area (TPSA) is 54.0 Å². The minimum atomic E-state index is -0.160. The smallest absolute Gasteiger partial charge is 0.235 e. The number of thiazole rings is 1. The number of aromatic nitrogens is 1. The van der Waals surface area contributed by atoms with Gasteiger partial charge in [-0.1, -0.05) is 22.9 Å². The minimum Gasteiger partial charge on any atom is -0.274 e. The Hall–Kier alpha value is -1.33. The molecule has 0 atom stereocenters. The van der Waals surface area contributed by atoms with Gasteiger partial charge in [0.2, 0.25) is 11.0 Å². The van der Waals surface area contributed by atoms with Crippen molar-refractivity contribution in [3.05, 3.63) is 23.2 Å². The number of rotatable bonds is 2. The molecule has 0 aliphatic rings. The fourth-order valence-corrected chi connectivity index (χ4v) is 2.19. The van der Waals surface area contributed by atoms with Crippen LogP contribution >= 0.6 is 22.9 Å². The number of nitrogens with zero attached hydrogens (tertiary/aromatic N) is 1. The van der Waals surface area contributed by atoms with Crippen LogP contribution in [0.4, 0.5) is 5.13 Å². The van der Waals surface area contributed by atoms with Gasteiger partial charge in [0, 0.05) is 11.9 Å². The fraction of sp³-hybridized carbons (Fsp3) is 0.111. The first kappa shape index (κ1) is 10.2. The summed E-state index contributed by atoms with van der Waals surface area (Å²) in [5.41, 5.74) is 6.04. The van der Waals surface area contributed by atoms with Gasteiger partial charge in [-0.15, -0.1) is 0 Å². The number of fused-ring (bicyclic) bond motifs is 1. The minimum absolute atomic E-state index is 0.160. The Bertz CT molecular complexity index is 511. The molecule has 1 aromatic carbocycles. The Balaban J connectivity index is 2.27. The molecule has 0 spiro atoms. The average Bonchev–Trinajstić information content (AvgIpc) is 2.56. The molecule has 0 aliphatic heterocycles. The second-order valence-corrected chi connectivity index (χ2v) is 4.40. The fourth-order valence-electron chi connectivity index (χ4n) is 1.09. The highest BCUT2D eigenvalue weighted by molar-refractivity contribution is 7.22. The quantitative estimate of drug-likeness (QED) is 0.794. The molecule has 6 heteroatoms. The van der Waals surface area contributed by atoms with Gasteiger partial charge in [0.25, 0.3) is 0 Å². The number of carbonyl (C=O) groups is 1. The third-order valence-corrected chi connectivity index (χ3v) is 2.86. The summed E-state index contributed by atoms with van der Waals surface area (Å²) in [6, 6.07) is 5.46. The molecule has 2 N–H and O–H groups in total. The van der Waals surface area contributed by atoms with E-state index >= 15 is 0 Å². The normalized spacial score (nSPS) is 10.3. The number of benzene rings is 1. The van der Waals surface area contributed by atoms with Crippen molar-refractivity contribution in [2.75, 3.05) is 5.43 Å². The van der Waals surface area contributed by atoms with Gasteiger partial charge >= 0.3 is 0 Å². The van der Waals surface area contributed by atoms with Crippen LogP contribution in [0.15, 0.2) is 18.2 Å². The van der Waals surface area contributed by atoms with Crippen molar-refractivity contribution in [3.8, 4) is 0 Å². The van der Waals surface area contributed by atoms with E-state index < -0.39 is 0 Å². The van der Waals surface area contributed by atoms with Crippen molar-refractivity contribution in [1.29, 1.82) is 0 Å². The van der Waals surface area contributed by atoms with E-state index in [1.807, 2.05) is 12.1 Å². The zero-order chi connectivity index (χ0) is 10.8. The molecular formula is C9H8ClN3OS. The first-order chi connectivity index (χ1) is 7.15. The molecule has 0 radical (unpaired) electrons. The van der Waals surface area contributed by atoms with E-state index in [0.29, 0.717) is 10.2 Å². The van der Waals surface area contributed by atoms with Crippen molar-refractivity contribution >= 4 is 44.2 Å². The molecule has 1 heterocycles. The van der Waals surface area contributed by atoms with Crippen molar-refractivity contribution in [1.82, 2.24) is 10.4 Å². The third-order valence-electron chi connectivity index (χ3n) is 1.70. The zero-order valence-corrected chi connectivity index (χ0v) is 9.45. The van der Waals surface area contributed by atoms with E-state index in [-0.39, 0.29) is 5.91 Å². The molecule has 4 nitrogen and oxygen atoms in total. The molecule has 78 valence electrons. The molecule has 1 aromatic heterocycles. The van der Waals surface area contributed by atoms with Crippen molar-refractivity contribution in [3.63, 3.8) is 0 Å². The first-order valence-corrected chi connectivity index (χ1v) is 5.43.